The van der Waals surface area contributed by atoms with Crippen LogP contribution < -0.4 is 0 Å². The van der Waals surface area contributed by atoms with Crippen LogP contribution in [-0.4, -0.2) is 25.5 Å². The van der Waals surface area contributed by atoms with Crippen LogP contribution in [0.3, 0.4) is 0 Å². The molecule has 98 valence electrons. The molecule has 0 aromatic heterocycles. The molecule has 3 heteroatoms. The highest BCUT2D eigenvalue weighted by Gasteiger charge is 2.38. The molecule has 3 nitrogen and oxygen atoms in total. The minimum Gasteiger partial charge on any atom is -0.300 e. The Morgan fingerprint density at radius 1 is 1.22 bits per heavy atom. The number of hydrogen-bond acceptors (Lipinski definition) is 3. The predicted molar refractivity (Wildman–Crippen MR) is 74.4 cm³/mol. The lowest BCUT2D eigenvalue weighted by molar-refractivity contribution is 0.0790. The van der Waals surface area contributed by atoms with Crippen LogP contribution in [0, 0.1) is 10.8 Å². The summed E-state index contributed by atoms with van der Waals surface area (Å²) in [5.41, 5.74) is 1.54. The summed E-state index contributed by atoms with van der Waals surface area (Å²) >= 11 is 0. The van der Waals surface area contributed by atoms with E-state index in [1.807, 2.05) is 0 Å². The normalized spacial score (nSPS) is 28.3. The molecule has 0 N–H and O–H groups in total. The molecule has 0 saturated heterocycles. The third-order valence-electron chi connectivity index (χ3n) is 4.43. The van der Waals surface area contributed by atoms with Gasteiger partial charge in [0.2, 0.25) is 0 Å². The smallest absolute Gasteiger partial charge is 0.0839 e. The monoisotopic (exact) mass is 246 g/mol. The molecule has 1 saturated carbocycles. The first-order valence-corrected chi connectivity index (χ1v) is 6.71. The van der Waals surface area contributed by atoms with Gasteiger partial charge < -0.3 is 0 Å². The molecule has 1 aromatic carbocycles. The van der Waals surface area contributed by atoms with Gasteiger partial charge in [-0.05, 0) is 51.3 Å². The van der Waals surface area contributed by atoms with E-state index >= 15 is 0 Å². The highest BCUT2D eigenvalue weighted by molar-refractivity contribution is 5.25. The fourth-order valence-corrected chi connectivity index (χ4v) is 3.19. The third-order valence-corrected chi connectivity index (χ3v) is 4.43. The predicted octanol–water partition coefficient (Wildman–Crippen LogP) is 3.40. The van der Waals surface area contributed by atoms with Crippen LogP contribution in [0.2, 0.25) is 0 Å². The zero-order chi connectivity index (χ0) is 13.0. The maximum atomic E-state index is 10.4. The first-order chi connectivity index (χ1) is 8.69. The Hall–Kier alpha value is -1.22. The molecule has 0 radical (unpaired) electrons. The van der Waals surface area contributed by atoms with Crippen molar-refractivity contribution in [1.82, 2.24) is 4.90 Å². The van der Waals surface area contributed by atoms with E-state index in [-0.39, 0.29) is 5.54 Å². The summed E-state index contributed by atoms with van der Waals surface area (Å²) in [7, 11) is 4.32. The molecule has 0 heterocycles. The van der Waals surface area contributed by atoms with Gasteiger partial charge in [-0.25, -0.2) is 0 Å². The molecule has 2 rings (SSSR count). The zero-order valence-corrected chi connectivity index (χ0v) is 11.3. The van der Waals surface area contributed by atoms with Gasteiger partial charge in [0.25, 0.3) is 0 Å². The van der Waals surface area contributed by atoms with E-state index in [0.717, 1.165) is 25.7 Å². The SMILES string of the molecule is CN(C)C1(c2ccccc2)CCC(CN=O)CC1. The summed E-state index contributed by atoms with van der Waals surface area (Å²) in [6.07, 6.45) is 4.42. The van der Waals surface area contributed by atoms with Gasteiger partial charge in [0, 0.05) is 5.54 Å². The Labute approximate surface area is 109 Å². The fourth-order valence-electron chi connectivity index (χ4n) is 3.19. The summed E-state index contributed by atoms with van der Waals surface area (Å²) < 4.78 is 0. The minimum atomic E-state index is 0.140. The summed E-state index contributed by atoms with van der Waals surface area (Å²) in [4.78, 5) is 12.7. The summed E-state index contributed by atoms with van der Waals surface area (Å²) in [6, 6.07) is 10.7. The lowest BCUT2D eigenvalue weighted by Gasteiger charge is -2.45. The van der Waals surface area contributed by atoms with E-state index in [1.165, 1.54) is 5.56 Å². The van der Waals surface area contributed by atoms with Crippen molar-refractivity contribution >= 4 is 0 Å². The van der Waals surface area contributed by atoms with Gasteiger partial charge in [-0.1, -0.05) is 35.5 Å². The van der Waals surface area contributed by atoms with Gasteiger partial charge in [0.1, 0.15) is 0 Å². The van der Waals surface area contributed by atoms with Crippen LogP contribution in [0.15, 0.2) is 35.5 Å². The van der Waals surface area contributed by atoms with E-state index in [0.29, 0.717) is 12.5 Å². The van der Waals surface area contributed by atoms with E-state index in [2.05, 4.69) is 54.5 Å². The van der Waals surface area contributed by atoms with Crippen LogP contribution in [0.5, 0.6) is 0 Å². The van der Waals surface area contributed by atoms with Crippen LogP contribution >= 0.6 is 0 Å². The van der Waals surface area contributed by atoms with Crippen LogP contribution in [0.4, 0.5) is 0 Å². The lowest BCUT2D eigenvalue weighted by atomic mass is 9.72. The van der Waals surface area contributed by atoms with E-state index < -0.39 is 0 Å². The van der Waals surface area contributed by atoms with Crippen molar-refractivity contribution in [3.05, 3.63) is 40.8 Å². The molecule has 1 aromatic rings. The molecular weight excluding hydrogens is 224 g/mol. The highest BCUT2D eigenvalue weighted by atomic mass is 16.3. The van der Waals surface area contributed by atoms with E-state index in [9.17, 15) is 4.91 Å². The average Bonchev–Trinajstić information content (AvgIpc) is 2.41. The van der Waals surface area contributed by atoms with Gasteiger partial charge in [-0.3, -0.25) is 4.90 Å². The van der Waals surface area contributed by atoms with Crippen molar-refractivity contribution in [2.45, 2.75) is 31.2 Å². The van der Waals surface area contributed by atoms with Crippen molar-refractivity contribution in [1.29, 1.82) is 0 Å². The van der Waals surface area contributed by atoms with Gasteiger partial charge in [-0.15, -0.1) is 0 Å². The molecule has 0 bridgehead atoms. The second kappa shape index (κ2) is 5.61. The number of rotatable bonds is 4. The summed E-state index contributed by atoms with van der Waals surface area (Å²) in [6.45, 7) is 0.484. The molecular formula is C15H22N2O. The Kier molecular flexibility index (Phi) is 4.12. The molecule has 0 aliphatic heterocycles. The number of nitrogens with zero attached hydrogens (tertiary/aromatic N) is 2. The van der Waals surface area contributed by atoms with Gasteiger partial charge in [0.05, 0.1) is 6.54 Å². The first kappa shape index (κ1) is 13.2. The topological polar surface area (TPSA) is 32.7 Å². The number of hydrogen-bond donors (Lipinski definition) is 0. The zero-order valence-electron chi connectivity index (χ0n) is 11.3. The Morgan fingerprint density at radius 2 is 1.83 bits per heavy atom. The highest BCUT2D eigenvalue weighted by Crippen LogP contribution is 2.42. The third kappa shape index (κ3) is 2.46. The van der Waals surface area contributed by atoms with Crippen molar-refractivity contribution in [3.63, 3.8) is 0 Å². The van der Waals surface area contributed by atoms with Crippen molar-refractivity contribution < 1.29 is 0 Å². The Bertz CT molecular complexity index is 381. The van der Waals surface area contributed by atoms with E-state index in [1.54, 1.807) is 0 Å². The molecule has 0 spiro atoms. The summed E-state index contributed by atoms with van der Waals surface area (Å²) in [5, 5.41) is 3.06. The maximum Gasteiger partial charge on any atom is 0.0839 e. The molecule has 0 atom stereocenters. The Morgan fingerprint density at radius 3 is 2.33 bits per heavy atom. The molecule has 0 amide bonds. The van der Waals surface area contributed by atoms with Crippen molar-refractivity contribution in [3.8, 4) is 0 Å². The number of nitroso groups, excluding NO2 is 1. The van der Waals surface area contributed by atoms with Crippen LogP contribution in [-0.2, 0) is 5.54 Å². The minimum absolute atomic E-state index is 0.140. The van der Waals surface area contributed by atoms with Gasteiger partial charge >= 0.3 is 0 Å². The van der Waals surface area contributed by atoms with Crippen LogP contribution in [0.25, 0.3) is 0 Å². The standard InChI is InChI=1S/C15H22N2O/c1-17(2)15(14-6-4-3-5-7-14)10-8-13(9-11-15)12-16-18/h3-7,13H,8-12H2,1-2H3. The molecule has 0 unspecified atom stereocenters. The second-order valence-corrected chi connectivity index (χ2v) is 5.55. The maximum absolute atomic E-state index is 10.4. The molecule has 18 heavy (non-hydrogen) atoms. The second-order valence-electron chi connectivity index (χ2n) is 5.55. The fraction of sp³-hybridized carbons (Fsp3) is 0.600. The summed E-state index contributed by atoms with van der Waals surface area (Å²) in [5.74, 6) is 0.485. The largest absolute Gasteiger partial charge is 0.300 e. The lowest BCUT2D eigenvalue weighted by Crippen LogP contribution is -2.44. The van der Waals surface area contributed by atoms with E-state index in [4.69, 9.17) is 0 Å². The molecule has 1 aliphatic carbocycles. The van der Waals surface area contributed by atoms with Crippen LogP contribution in [0.1, 0.15) is 31.2 Å². The first-order valence-electron chi connectivity index (χ1n) is 6.71. The van der Waals surface area contributed by atoms with Crippen molar-refractivity contribution in [2.24, 2.45) is 11.1 Å². The van der Waals surface area contributed by atoms with Gasteiger partial charge in [0.15, 0.2) is 0 Å². The quantitative estimate of drug-likeness (QED) is 0.763. The van der Waals surface area contributed by atoms with Crippen molar-refractivity contribution in [2.75, 3.05) is 20.6 Å². The van der Waals surface area contributed by atoms with Gasteiger partial charge in [-0.2, -0.15) is 4.91 Å². The number of benzene rings is 1. The molecule has 1 fully saturated rings. The Balaban J connectivity index is 2.18. The average molecular weight is 246 g/mol. The molecule has 1 aliphatic rings.